The molecule has 1 aromatic carbocycles. The van der Waals surface area contributed by atoms with E-state index >= 15 is 0 Å². The lowest BCUT2D eigenvalue weighted by molar-refractivity contribution is 0.101. The van der Waals surface area contributed by atoms with Gasteiger partial charge in [-0.3, -0.25) is 4.79 Å². The van der Waals surface area contributed by atoms with Crippen LogP contribution in [0.3, 0.4) is 0 Å². The molecule has 0 saturated carbocycles. The van der Waals surface area contributed by atoms with Crippen molar-refractivity contribution in [1.29, 1.82) is 0 Å². The Kier molecular flexibility index (Phi) is 3.58. The van der Waals surface area contributed by atoms with E-state index in [1.54, 1.807) is 6.07 Å². The van der Waals surface area contributed by atoms with Gasteiger partial charge in [-0.05, 0) is 18.6 Å². The lowest BCUT2D eigenvalue weighted by atomic mass is 10.2. The molecule has 4 nitrogen and oxygen atoms in total. The van der Waals surface area contributed by atoms with Gasteiger partial charge in [0.15, 0.2) is 16.6 Å². The van der Waals surface area contributed by atoms with Crippen molar-refractivity contribution >= 4 is 28.8 Å². The van der Waals surface area contributed by atoms with Crippen LogP contribution in [0.1, 0.15) is 23.0 Å². The Hall–Kier alpha value is -1.94. The fraction of sp³-hybridized carbons (Fsp3) is 0.154. The van der Waals surface area contributed by atoms with E-state index in [9.17, 15) is 4.79 Å². The van der Waals surface area contributed by atoms with E-state index in [1.807, 2.05) is 31.2 Å². The standard InChI is InChI=1S/C13H12ClN3O/c1-8-5-3-4-6-10(8)15-11-7-12(14)16-17-13(11)9(2)18/h3-7H,1-2H3,(H,15,16). The first-order valence-electron chi connectivity index (χ1n) is 5.45. The summed E-state index contributed by atoms with van der Waals surface area (Å²) in [6, 6.07) is 9.36. The van der Waals surface area contributed by atoms with Gasteiger partial charge in [-0.2, -0.15) is 0 Å². The highest BCUT2D eigenvalue weighted by atomic mass is 35.5. The Balaban J connectivity index is 2.42. The first-order valence-corrected chi connectivity index (χ1v) is 5.82. The molecule has 2 aromatic rings. The normalized spacial score (nSPS) is 10.2. The summed E-state index contributed by atoms with van der Waals surface area (Å²) in [5.74, 6) is -0.157. The molecule has 2 rings (SSSR count). The first-order chi connectivity index (χ1) is 8.58. The minimum Gasteiger partial charge on any atom is -0.353 e. The van der Waals surface area contributed by atoms with Crippen molar-refractivity contribution in [2.45, 2.75) is 13.8 Å². The number of hydrogen-bond acceptors (Lipinski definition) is 4. The Labute approximate surface area is 110 Å². The molecule has 1 N–H and O–H groups in total. The number of aryl methyl sites for hydroxylation is 1. The number of nitrogens with zero attached hydrogens (tertiary/aromatic N) is 2. The van der Waals surface area contributed by atoms with Crippen LogP contribution in [0, 0.1) is 6.92 Å². The average molecular weight is 262 g/mol. The van der Waals surface area contributed by atoms with Crippen molar-refractivity contribution in [2.75, 3.05) is 5.32 Å². The summed E-state index contributed by atoms with van der Waals surface area (Å²) in [5.41, 5.74) is 2.82. The number of halogens is 1. The summed E-state index contributed by atoms with van der Waals surface area (Å²) in [5, 5.41) is 10.9. The molecule has 0 fully saturated rings. The van der Waals surface area contributed by atoms with Crippen LogP contribution in [-0.2, 0) is 0 Å². The van der Waals surface area contributed by atoms with E-state index in [2.05, 4.69) is 15.5 Å². The molecular formula is C13H12ClN3O. The molecular weight excluding hydrogens is 250 g/mol. The van der Waals surface area contributed by atoms with E-state index in [1.165, 1.54) is 6.92 Å². The molecule has 0 atom stereocenters. The van der Waals surface area contributed by atoms with Gasteiger partial charge in [0.05, 0.1) is 5.69 Å². The predicted molar refractivity (Wildman–Crippen MR) is 71.5 cm³/mol. The first kappa shape index (κ1) is 12.5. The second-order valence-electron chi connectivity index (χ2n) is 3.93. The molecule has 0 aliphatic rings. The molecule has 0 aliphatic carbocycles. The Morgan fingerprint density at radius 1 is 1.22 bits per heavy atom. The predicted octanol–water partition coefficient (Wildman–Crippen LogP) is 3.38. The van der Waals surface area contributed by atoms with E-state index in [-0.39, 0.29) is 16.6 Å². The zero-order valence-electron chi connectivity index (χ0n) is 10.1. The van der Waals surface area contributed by atoms with Crippen molar-refractivity contribution in [1.82, 2.24) is 10.2 Å². The maximum Gasteiger partial charge on any atom is 0.182 e. The number of ketones is 1. The van der Waals surface area contributed by atoms with Crippen molar-refractivity contribution in [3.63, 3.8) is 0 Å². The molecule has 92 valence electrons. The average Bonchev–Trinajstić information content (AvgIpc) is 2.32. The van der Waals surface area contributed by atoms with Crippen LogP contribution in [0.25, 0.3) is 0 Å². The number of carbonyl (C=O) groups excluding carboxylic acids is 1. The highest BCUT2D eigenvalue weighted by molar-refractivity contribution is 6.29. The molecule has 5 heteroatoms. The number of nitrogens with one attached hydrogen (secondary N) is 1. The van der Waals surface area contributed by atoms with E-state index < -0.39 is 0 Å². The Morgan fingerprint density at radius 3 is 2.61 bits per heavy atom. The maximum atomic E-state index is 11.5. The number of para-hydroxylation sites is 1. The van der Waals surface area contributed by atoms with Gasteiger partial charge in [0.25, 0.3) is 0 Å². The number of benzene rings is 1. The van der Waals surface area contributed by atoms with Crippen LogP contribution < -0.4 is 5.32 Å². The highest BCUT2D eigenvalue weighted by Gasteiger charge is 2.11. The third-order valence-electron chi connectivity index (χ3n) is 2.51. The van der Waals surface area contributed by atoms with Gasteiger partial charge >= 0.3 is 0 Å². The van der Waals surface area contributed by atoms with Gasteiger partial charge < -0.3 is 5.32 Å². The van der Waals surface area contributed by atoms with E-state index in [4.69, 9.17) is 11.6 Å². The zero-order chi connectivity index (χ0) is 13.1. The van der Waals surface area contributed by atoms with Gasteiger partial charge in [-0.15, -0.1) is 10.2 Å². The van der Waals surface area contributed by atoms with Crippen LogP contribution in [0.4, 0.5) is 11.4 Å². The third kappa shape index (κ3) is 2.65. The van der Waals surface area contributed by atoms with Crippen LogP contribution in [-0.4, -0.2) is 16.0 Å². The molecule has 0 amide bonds. The highest BCUT2D eigenvalue weighted by Crippen LogP contribution is 2.24. The van der Waals surface area contributed by atoms with Crippen LogP contribution >= 0.6 is 11.6 Å². The van der Waals surface area contributed by atoms with Crippen molar-refractivity contribution in [2.24, 2.45) is 0 Å². The van der Waals surface area contributed by atoms with Crippen molar-refractivity contribution in [3.8, 4) is 0 Å². The van der Waals surface area contributed by atoms with Gasteiger partial charge in [-0.25, -0.2) is 0 Å². The van der Waals surface area contributed by atoms with Gasteiger partial charge in [0, 0.05) is 18.7 Å². The summed E-state index contributed by atoms with van der Waals surface area (Å²) in [6.07, 6.45) is 0. The summed E-state index contributed by atoms with van der Waals surface area (Å²) >= 11 is 5.80. The summed E-state index contributed by atoms with van der Waals surface area (Å²) in [7, 11) is 0. The Morgan fingerprint density at radius 2 is 1.94 bits per heavy atom. The van der Waals surface area contributed by atoms with Crippen LogP contribution in [0.15, 0.2) is 30.3 Å². The smallest absolute Gasteiger partial charge is 0.182 e. The SMILES string of the molecule is CC(=O)c1nnc(Cl)cc1Nc1ccccc1C. The topological polar surface area (TPSA) is 54.9 Å². The molecule has 0 bridgehead atoms. The molecule has 0 aliphatic heterocycles. The number of Topliss-reactive ketones (excluding diaryl/α,β-unsaturated/α-hetero) is 1. The van der Waals surface area contributed by atoms with Gasteiger partial charge in [-0.1, -0.05) is 29.8 Å². The molecule has 1 heterocycles. The number of rotatable bonds is 3. The largest absolute Gasteiger partial charge is 0.353 e. The maximum absolute atomic E-state index is 11.5. The molecule has 18 heavy (non-hydrogen) atoms. The fourth-order valence-corrected chi connectivity index (χ4v) is 1.73. The minimum atomic E-state index is -0.157. The number of aromatic nitrogens is 2. The fourth-order valence-electron chi connectivity index (χ4n) is 1.58. The summed E-state index contributed by atoms with van der Waals surface area (Å²) < 4.78 is 0. The quantitative estimate of drug-likeness (QED) is 0.861. The molecule has 0 radical (unpaired) electrons. The monoisotopic (exact) mass is 261 g/mol. The summed E-state index contributed by atoms with van der Waals surface area (Å²) in [6.45, 7) is 3.42. The summed E-state index contributed by atoms with van der Waals surface area (Å²) in [4.78, 5) is 11.5. The Bertz CT molecular complexity index is 599. The lowest BCUT2D eigenvalue weighted by Crippen LogP contribution is -2.05. The second-order valence-corrected chi connectivity index (χ2v) is 4.31. The zero-order valence-corrected chi connectivity index (χ0v) is 10.8. The van der Waals surface area contributed by atoms with Crippen LogP contribution in [0.5, 0.6) is 0 Å². The van der Waals surface area contributed by atoms with Crippen molar-refractivity contribution < 1.29 is 4.79 Å². The third-order valence-corrected chi connectivity index (χ3v) is 2.70. The molecule has 0 saturated heterocycles. The second kappa shape index (κ2) is 5.14. The minimum absolute atomic E-state index is 0.157. The van der Waals surface area contributed by atoms with Gasteiger partial charge in [0.2, 0.25) is 0 Å². The number of carbonyl (C=O) groups is 1. The van der Waals surface area contributed by atoms with Crippen LogP contribution in [0.2, 0.25) is 5.15 Å². The van der Waals surface area contributed by atoms with Gasteiger partial charge in [0.1, 0.15) is 0 Å². The molecule has 1 aromatic heterocycles. The van der Waals surface area contributed by atoms with E-state index in [0.29, 0.717) is 5.69 Å². The molecule has 0 unspecified atom stereocenters. The number of hydrogen-bond donors (Lipinski definition) is 1. The van der Waals surface area contributed by atoms with E-state index in [0.717, 1.165) is 11.3 Å². The lowest BCUT2D eigenvalue weighted by Gasteiger charge is -2.11. The number of anilines is 2. The molecule has 0 spiro atoms. The van der Waals surface area contributed by atoms with Crippen molar-refractivity contribution in [3.05, 3.63) is 46.7 Å².